The lowest BCUT2D eigenvalue weighted by Crippen LogP contribution is -2.15. The maximum atomic E-state index is 13.9. The number of rotatable bonds is 4. The van der Waals surface area contributed by atoms with E-state index in [0.29, 0.717) is 5.56 Å². The number of nitrogens with two attached hydrogens (primary N) is 1. The van der Waals surface area contributed by atoms with E-state index < -0.39 is 20.7 Å². The molecule has 0 aliphatic heterocycles. The van der Waals surface area contributed by atoms with E-state index in [-0.39, 0.29) is 17.3 Å². The summed E-state index contributed by atoms with van der Waals surface area (Å²) in [4.78, 5) is -0.450. The van der Waals surface area contributed by atoms with Gasteiger partial charge in [-0.2, -0.15) is 0 Å². The van der Waals surface area contributed by atoms with Crippen LogP contribution in [-0.4, -0.2) is 8.42 Å². The second-order valence-electron chi connectivity index (χ2n) is 4.20. The van der Waals surface area contributed by atoms with Crippen molar-refractivity contribution in [2.24, 2.45) is 5.73 Å². The largest absolute Gasteiger partial charge is 0.326 e. The normalized spacial score (nSPS) is 11.4. The van der Waals surface area contributed by atoms with Crippen molar-refractivity contribution in [3.8, 4) is 0 Å². The van der Waals surface area contributed by atoms with Crippen molar-refractivity contribution in [3.05, 3.63) is 56.4 Å². The fourth-order valence-electron chi connectivity index (χ4n) is 1.66. The Morgan fingerprint density at radius 2 is 1.95 bits per heavy atom. The van der Waals surface area contributed by atoms with Crippen molar-refractivity contribution in [3.63, 3.8) is 0 Å². The second kappa shape index (κ2) is 6.47. The molecule has 0 radical (unpaired) electrons. The molecule has 0 saturated heterocycles. The van der Waals surface area contributed by atoms with Gasteiger partial charge in [0.2, 0.25) is 0 Å². The van der Waals surface area contributed by atoms with Gasteiger partial charge in [-0.3, -0.25) is 4.72 Å². The summed E-state index contributed by atoms with van der Waals surface area (Å²) < 4.78 is 41.5. The van der Waals surface area contributed by atoms with Crippen LogP contribution in [0.15, 0.2) is 41.3 Å². The Morgan fingerprint density at radius 1 is 1.24 bits per heavy atom. The molecule has 0 saturated carbocycles. The highest BCUT2D eigenvalue weighted by Gasteiger charge is 2.20. The molecule has 0 aromatic heterocycles. The van der Waals surface area contributed by atoms with E-state index in [4.69, 9.17) is 17.3 Å². The van der Waals surface area contributed by atoms with E-state index in [2.05, 4.69) is 27.3 Å². The Labute approximate surface area is 140 Å². The zero-order valence-corrected chi connectivity index (χ0v) is 14.3. The highest BCUT2D eigenvalue weighted by molar-refractivity contribution is 14.1. The molecule has 0 heterocycles. The molecule has 0 amide bonds. The van der Waals surface area contributed by atoms with Crippen molar-refractivity contribution < 1.29 is 12.8 Å². The lowest BCUT2D eigenvalue weighted by atomic mass is 10.2. The monoisotopic (exact) mass is 440 g/mol. The van der Waals surface area contributed by atoms with Gasteiger partial charge >= 0.3 is 0 Å². The van der Waals surface area contributed by atoms with Gasteiger partial charge in [0.25, 0.3) is 10.0 Å². The third kappa shape index (κ3) is 3.85. The van der Waals surface area contributed by atoms with Gasteiger partial charge in [0, 0.05) is 10.1 Å². The molecular formula is C13H11ClFIN2O2S. The van der Waals surface area contributed by atoms with Gasteiger partial charge in [-0.15, -0.1) is 0 Å². The molecule has 112 valence electrons. The van der Waals surface area contributed by atoms with Gasteiger partial charge in [0.15, 0.2) is 0 Å². The Bertz CT molecular complexity index is 784. The van der Waals surface area contributed by atoms with Crippen LogP contribution >= 0.6 is 34.2 Å². The van der Waals surface area contributed by atoms with Crippen molar-refractivity contribution >= 4 is 49.9 Å². The molecule has 2 aromatic carbocycles. The molecular weight excluding hydrogens is 430 g/mol. The molecule has 2 rings (SSSR count). The smallest absolute Gasteiger partial charge is 0.264 e. The zero-order valence-electron chi connectivity index (χ0n) is 10.6. The molecule has 3 N–H and O–H groups in total. The number of nitrogens with one attached hydrogen (secondary N) is 1. The molecule has 0 atom stereocenters. The third-order valence-corrected chi connectivity index (χ3v) is 5.08. The summed E-state index contributed by atoms with van der Waals surface area (Å²) in [5, 5.41) is 0.240. The van der Waals surface area contributed by atoms with Gasteiger partial charge in [-0.05, 0) is 58.5 Å². The van der Waals surface area contributed by atoms with Gasteiger partial charge < -0.3 is 5.73 Å². The minimum absolute atomic E-state index is 0.133. The minimum atomic E-state index is -4.06. The van der Waals surface area contributed by atoms with Crippen LogP contribution in [0.5, 0.6) is 0 Å². The van der Waals surface area contributed by atoms with E-state index in [1.54, 1.807) is 12.1 Å². The van der Waals surface area contributed by atoms with Crippen LogP contribution in [0.2, 0.25) is 5.02 Å². The van der Waals surface area contributed by atoms with Crippen molar-refractivity contribution in [1.29, 1.82) is 0 Å². The van der Waals surface area contributed by atoms with Crippen LogP contribution < -0.4 is 10.5 Å². The lowest BCUT2D eigenvalue weighted by molar-refractivity contribution is 0.569. The molecule has 2 aromatic rings. The van der Waals surface area contributed by atoms with E-state index in [1.165, 1.54) is 18.2 Å². The fourth-order valence-corrected chi connectivity index (χ4v) is 3.76. The van der Waals surface area contributed by atoms with Gasteiger partial charge in [0.05, 0.1) is 10.7 Å². The zero-order chi connectivity index (χ0) is 15.6. The van der Waals surface area contributed by atoms with E-state index >= 15 is 0 Å². The predicted octanol–water partition coefficient (Wildman–Crippen LogP) is 3.34. The molecule has 0 aliphatic rings. The van der Waals surface area contributed by atoms with Crippen LogP contribution in [-0.2, 0) is 16.6 Å². The molecule has 0 unspecified atom stereocenters. The highest BCUT2D eigenvalue weighted by atomic mass is 127. The molecule has 0 aliphatic carbocycles. The predicted molar refractivity (Wildman–Crippen MR) is 89.3 cm³/mol. The summed E-state index contributed by atoms with van der Waals surface area (Å²) in [6, 6.07) is 8.57. The molecule has 4 nitrogen and oxygen atoms in total. The quantitative estimate of drug-likeness (QED) is 0.716. The Kier molecular flexibility index (Phi) is 5.07. The summed E-state index contributed by atoms with van der Waals surface area (Å²) in [7, 11) is -4.06. The topological polar surface area (TPSA) is 72.2 Å². The summed E-state index contributed by atoms with van der Waals surface area (Å²) in [6.07, 6.45) is 0. The Hall–Kier alpha value is -0.900. The summed E-state index contributed by atoms with van der Waals surface area (Å²) in [5.74, 6) is -0.855. The van der Waals surface area contributed by atoms with E-state index in [1.807, 2.05) is 0 Å². The molecule has 0 fully saturated rings. The number of sulfonamides is 1. The maximum absolute atomic E-state index is 13.9. The SMILES string of the molecule is NCc1ccc(S(=O)(=O)Nc2ccc(I)cc2Cl)c(F)c1. The standard InChI is InChI=1S/C13H11ClFIN2O2S/c14-10-6-9(16)2-3-12(10)18-21(19,20)13-4-1-8(7-17)5-11(13)15/h1-6,18H,7,17H2. The first kappa shape index (κ1) is 16.5. The summed E-state index contributed by atoms with van der Waals surface area (Å²) in [5.41, 5.74) is 6.09. The third-order valence-electron chi connectivity index (χ3n) is 2.70. The van der Waals surface area contributed by atoms with Crippen molar-refractivity contribution in [2.45, 2.75) is 11.4 Å². The first-order chi connectivity index (χ1) is 9.83. The van der Waals surface area contributed by atoms with Gasteiger partial charge in [-0.1, -0.05) is 17.7 Å². The molecule has 21 heavy (non-hydrogen) atoms. The van der Waals surface area contributed by atoms with Crippen LogP contribution in [0.25, 0.3) is 0 Å². The van der Waals surface area contributed by atoms with Crippen LogP contribution in [0.3, 0.4) is 0 Å². The minimum Gasteiger partial charge on any atom is -0.326 e. The number of halogens is 3. The van der Waals surface area contributed by atoms with Crippen LogP contribution in [0.1, 0.15) is 5.56 Å². The van der Waals surface area contributed by atoms with E-state index in [9.17, 15) is 12.8 Å². The number of anilines is 1. The first-order valence-corrected chi connectivity index (χ1v) is 8.74. The number of benzene rings is 2. The van der Waals surface area contributed by atoms with Gasteiger partial charge in [-0.25, -0.2) is 12.8 Å². The molecule has 8 heteroatoms. The number of hydrogen-bond acceptors (Lipinski definition) is 3. The number of hydrogen-bond donors (Lipinski definition) is 2. The first-order valence-electron chi connectivity index (χ1n) is 5.80. The molecule has 0 bridgehead atoms. The average Bonchev–Trinajstić information content (AvgIpc) is 2.41. The fraction of sp³-hybridized carbons (Fsp3) is 0.0769. The summed E-state index contributed by atoms with van der Waals surface area (Å²) >= 11 is 8.02. The summed E-state index contributed by atoms with van der Waals surface area (Å²) in [6.45, 7) is 0.133. The lowest BCUT2D eigenvalue weighted by Gasteiger charge is -2.11. The van der Waals surface area contributed by atoms with E-state index in [0.717, 1.165) is 9.64 Å². The Balaban J connectivity index is 2.38. The molecule has 0 spiro atoms. The second-order valence-corrected chi connectivity index (χ2v) is 7.50. The highest BCUT2D eigenvalue weighted by Crippen LogP contribution is 2.27. The van der Waals surface area contributed by atoms with Crippen molar-refractivity contribution in [2.75, 3.05) is 4.72 Å². The average molecular weight is 441 g/mol. The van der Waals surface area contributed by atoms with Crippen LogP contribution in [0.4, 0.5) is 10.1 Å². The maximum Gasteiger partial charge on any atom is 0.264 e. The van der Waals surface area contributed by atoms with Crippen LogP contribution in [0, 0.1) is 9.39 Å². The van der Waals surface area contributed by atoms with Crippen molar-refractivity contribution in [1.82, 2.24) is 0 Å². The van der Waals surface area contributed by atoms with Gasteiger partial charge in [0.1, 0.15) is 10.7 Å². The Morgan fingerprint density at radius 3 is 2.52 bits per heavy atom.